The molecule has 2 aliphatic heterocycles. The fourth-order valence-corrected chi connectivity index (χ4v) is 4.92. The van der Waals surface area contributed by atoms with Crippen molar-refractivity contribution in [3.05, 3.63) is 59.8 Å². The fraction of sp³-hybridized carbons (Fsp3) is 0.391. The highest BCUT2D eigenvalue weighted by Gasteiger charge is 2.36. The van der Waals surface area contributed by atoms with E-state index in [1.165, 1.54) is 0 Å². The molecule has 1 N–H and O–H groups in total. The zero-order valence-electron chi connectivity index (χ0n) is 17.8. The van der Waals surface area contributed by atoms with Crippen LogP contribution in [0.3, 0.4) is 0 Å². The van der Waals surface area contributed by atoms with Crippen molar-refractivity contribution in [1.29, 1.82) is 0 Å². The van der Waals surface area contributed by atoms with Gasteiger partial charge in [0.2, 0.25) is 6.79 Å². The summed E-state index contributed by atoms with van der Waals surface area (Å²) in [4.78, 5) is 17.1. The second-order valence-corrected chi connectivity index (χ2v) is 8.96. The zero-order valence-corrected chi connectivity index (χ0v) is 18.7. The number of thioether (sulfide) groups is 1. The third-order valence-corrected chi connectivity index (χ3v) is 7.11. The van der Waals surface area contributed by atoms with Gasteiger partial charge < -0.3 is 28.5 Å². The Kier molecular flexibility index (Phi) is 5.84. The summed E-state index contributed by atoms with van der Waals surface area (Å²) in [5.74, 6) is 2.95. The van der Waals surface area contributed by atoms with Gasteiger partial charge in [0, 0.05) is 44.6 Å². The molecular formula is C23H25N3O5S. The third-order valence-electron chi connectivity index (χ3n) is 6.03. The first-order valence-electron chi connectivity index (χ1n) is 10.6. The van der Waals surface area contributed by atoms with Crippen LogP contribution >= 0.6 is 11.8 Å². The van der Waals surface area contributed by atoms with Gasteiger partial charge in [0.05, 0.1) is 5.75 Å². The highest BCUT2D eigenvalue weighted by molar-refractivity contribution is 7.98. The van der Waals surface area contributed by atoms with Crippen LogP contribution in [0.1, 0.15) is 34.7 Å². The Balaban J connectivity index is 1.25. The number of fused-ring (bicyclic) bond motifs is 1. The van der Waals surface area contributed by atoms with Crippen LogP contribution < -0.4 is 14.8 Å². The van der Waals surface area contributed by atoms with Gasteiger partial charge in [-0.2, -0.15) is 0 Å². The van der Waals surface area contributed by atoms with Crippen LogP contribution in [-0.4, -0.2) is 42.0 Å². The van der Waals surface area contributed by atoms with Gasteiger partial charge in [0.25, 0.3) is 5.91 Å². The van der Waals surface area contributed by atoms with Gasteiger partial charge in [-0.3, -0.25) is 4.79 Å². The number of nitrogens with zero attached hydrogens (tertiary/aromatic N) is 2. The summed E-state index contributed by atoms with van der Waals surface area (Å²) < 4.78 is 24.4. The smallest absolute Gasteiger partial charge is 0.287 e. The molecule has 0 bridgehead atoms. The summed E-state index contributed by atoms with van der Waals surface area (Å²) in [6.45, 7) is 2.04. The molecule has 1 amide bonds. The largest absolute Gasteiger partial charge is 0.455 e. The average molecular weight is 456 g/mol. The molecule has 0 radical (unpaired) electrons. The Bertz CT molecular complexity index is 1100. The first-order valence-corrected chi connectivity index (χ1v) is 11.6. The lowest BCUT2D eigenvalue weighted by molar-refractivity contribution is 0.0484. The molecule has 0 spiro atoms. The topological polar surface area (TPSA) is 87.8 Å². The van der Waals surface area contributed by atoms with Gasteiger partial charge >= 0.3 is 0 Å². The number of rotatable bonds is 7. The molecular weight excluding hydrogens is 430 g/mol. The molecule has 5 rings (SSSR count). The average Bonchev–Trinajstić information content (AvgIpc) is 3.57. The van der Waals surface area contributed by atoms with Gasteiger partial charge in [0.15, 0.2) is 22.4 Å². The van der Waals surface area contributed by atoms with E-state index in [2.05, 4.69) is 16.4 Å². The van der Waals surface area contributed by atoms with E-state index >= 15 is 0 Å². The fourth-order valence-electron chi connectivity index (χ4n) is 4.10. The van der Waals surface area contributed by atoms with Crippen LogP contribution in [-0.2, 0) is 23.0 Å². The zero-order chi connectivity index (χ0) is 22.0. The molecule has 9 heteroatoms. The van der Waals surface area contributed by atoms with Gasteiger partial charge in [-0.25, -0.2) is 4.98 Å². The van der Waals surface area contributed by atoms with E-state index in [1.807, 2.05) is 36.0 Å². The van der Waals surface area contributed by atoms with E-state index < -0.39 is 0 Å². The van der Waals surface area contributed by atoms with Crippen LogP contribution in [0.25, 0.3) is 0 Å². The third kappa shape index (κ3) is 4.22. The molecule has 2 aliphatic rings. The highest BCUT2D eigenvalue weighted by atomic mass is 32.2. The van der Waals surface area contributed by atoms with Gasteiger partial charge in [-0.1, -0.05) is 17.8 Å². The number of carbonyl (C=O) groups excluding carboxylic acids is 1. The molecule has 1 saturated heterocycles. The number of amides is 1. The molecule has 0 aliphatic carbocycles. The van der Waals surface area contributed by atoms with Crippen LogP contribution in [0.15, 0.2) is 52.3 Å². The standard InChI is InChI=1S/C23H25N3O5S/c1-26-9-8-24-22(26)32-13-17-3-5-19(31-17)21(27)25-14-23(6-10-28-11-7-23)16-2-4-18-20(12-16)30-15-29-18/h2-5,8-9,12H,6-7,10-11,13-15H2,1H3,(H,25,27). The van der Waals surface area contributed by atoms with Crippen molar-refractivity contribution in [3.8, 4) is 11.5 Å². The monoisotopic (exact) mass is 455 g/mol. The lowest BCUT2D eigenvalue weighted by Crippen LogP contribution is -2.44. The van der Waals surface area contributed by atoms with Crippen LogP contribution in [0, 0.1) is 0 Å². The number of nitrogens with one attached hydrogen (secondary N) is 1. The van der Waals surface area contributed by atoms with E-state index in [0.717, 1.165) is 40.8 Å². The molecule has 0 unspecified atom stereocenters. The number of imidazole rings is 1. The Morgan fingerprint density at radius 1 is 1.19 bits per heavy atom. The molecule has 0 atom stereocenters. The molecule has 3 aromatic rings. The van der Waals surface area contributed by atoms with Crippen LogP contribution in [0.2, 0.25) is 0 Å². The number of ether oxygens (including phenoxy) is 3. The summed E-state index contributed by atoms with van der Waals surface area (Å²) >= 11 is 1.56. The highest BCUT2D eigenvalue weighted by Crippen LogP contribution is 2.40. The van der Waals surface area contributed by atoms with Crippen molar-refractivity contribution in [3.63, 3.8) is 0 Å². The number of aryl methyl sites for hydroxylation is 1. The summed E-state index contributed by atoms with van der Waals surface area (Å²) in [5.41, 5.74) is 0.898. The maximum atomic E-state index is 12.8. The molecule has 2 aromatic heterocycles. The van der Waals surface area contributed by atoms with Crippen molar-refractivity contribution >= 4 is 17.7 Å². The predicted octanol–water partition coefficient (Wildman–Crippen LogP) is 3.51. The van der Waals surface area contributed by atoms with Crippen molar-refractivity contribution in [2.45, 2.75) is 29.2 Å². The summed E-state index contributed by atoms with van der Waals surface area (Å²) in [7, 11) is 1.95. The second-order valence-electron chi connectivity index (χ2n) is 8.02. The minimum atomic E-state index is -0.224. The predicted molar refractivity (Wildman–Crippen MR) is 118 cm³/mol. The molecule has 4 heterocycles. The first kappa shape index (κ1) is 21.0. The van der Waals surface area contributed by atoms with E-state index in [9.17, 15) is 4.79 Å². The van der Waals surface area contributed by atoms with Crippen molar-refractivity contribution in [2.24, 2.45) is 7.05 Å². The maximum absolute atomic E-state index is 12.8. The number of benzene rings is 1. The molecule has 168 valence electrons. The Labute approximate surface area is 190 Å². The summed E-state index contributed by atoms with van der Waals surface area (Å²) in [6, 6.07) is 9.59. The minimum absolute atomic E-state index is 0.218. The number of aromatic nitrogens is 2. The van der Waals surface area contributed by atoms with Crippen LogP contribution in [0.4, 0.5) is 0 Å². The Hall–Kier alpha value is -2.91. The van der Waals surface area contributed by atoms with Crippen molar-refractivity contribution < 1.29 is 23.4 Å². The first-order chi connectivity index (χ1) is 15.6. The second kappa shape index (κ2) is 8.91. The minimum Gasteiger partial charge on any atom is -0.455 e. The van der Waals surface area contributed by atoms with E-state index in [4.69, 9.17) is 18.6 Å². The van der Waals surface area contributed by atoms with E-state index in [1.54, 1.807) is 24.0 Å². The van der Waals surface area contributed by atoms with E-state index in [-0.39, 0.29) is 18.1 Å². The number of carbonyl (C=O) groups is 1. The molecule has 1 aromatic carbocycles. The van der Waals surface area contributed by atoms with Gasteiger partial charge in [-0.15, -0.1) is 0 Å². The Morgan fingerprint density at radius 2 is 2.03 bits per heavy atom. The van der Waals surface area contributed by atoms with Gasteiger partial charge in [0.1, 0.15) is 5.76 Å². The molecule has 0 saturated carbocycles. The maximum Gasteiger partial charge on any atom is 0.287 e. The molecule has 8 nitrogen and oxygen atoms in total. The quantitative estimate of drug-likeness (QED) is 0.546. The summed E-state index contributed by atoms with van der Waals surface area (Å²) in [5, 5.41) is 3.98. The lowest BCUT2D eigenvalue weighted by atomic mass is 9.74. The lowest BCUT2D eigenvalue weighted by Gasteiger charge is -2.38. The summed E-state index contributed by atoms with van der Waals surface area (Å²) in [6.07, 6.45) is 5.29. The normalized spacial score (nSPS) is 16.8. The SMILES string of the molecule is Cn1ccnc1SCc1ccc(C(=O)NCC2(c3ccc4c(c3)OCO4)CCOCC2)o1. The number of hydrogen-bond acceptors (Lipinski definition) is 7. The van der Waals surface area contributed by atoms with Crippen molar-refractivity contribution in [2.75, 3.05) is 26.6 Å². The number of hydrogen-bond donors (Lipinski definition) is 1. The van der Waals surface area contributed by atoms with Gasteiger partial charge in [-0.05, 0) is 42.7 Å². The van der Waals surface area contributed by atoms with Crippen LogP contribution in [0.5, 0.6) is 11.5 Å². The Morgan fingerprint density at radius 3 is 2.84 bits per heavy atom. The van der Waals surface area contributed by atoms with E-state index in [0.29, 0.717) is 31.3 Å². The molecule has 32 heavy (non-hydrogen) atoms. The van der Waals surface area contributed by atoms with Crippen molar-refractivity contribution in [1.82, 2.24) is 14.9 Å². The molecule has 1 fully saturated rings. The number of furan rings is 1.